The first-order chi connectivity index (χ1) is 14.0. The van der Waals surface area contributed by atoms with Crippen LogP contribution in [0.3, 0.4) is 0 Å². The molecule has 2 N–H and O–H groups in total. The lowest BCUT2D eigenvalue weighted by Crippen LogP contribution is -2.43. The van der Waals surface area contributed by atoms with Crippen LogP contribution in [0.5, 0.6) is 5.75 Å². The molecule has 8 heteroatoms. The maximum atomic E-state index is 12.6. The van der Waals surface area contributed by atoms with E-state index in [9.17, 15) is 13.6 Å². The van der Waals surface area contributed by atoms with Crippen molar-refractivity contribution >= 4 is 11.9 Å². The number of halogens is 2. The molecule has 0 radical (unpaired) electrons. The van der Waals surface area contributed by atoms with Crippen molar-refractivity contribution in [2.24, 2.45) is 4.99 Å². The van der Waals surface area contributed by atoms with Crippen LogP contribution in [0, 0.1) is 0 Å². The summed E-state index contributed by atoms with van der Waals surface area (Å²) < 4.78 is 29.7. The van der Waals surface area contributed by atoms with E-state index in [-0.39, 0.29) is 24.7 Å². The second kappa shape index (κ2) is 11.6. The summed E-state index contributed by atoms with van der Waals surface area (Å²) in [6, 6.07) is 16.5. The molecule has 0 aromatic heterocycles. The van der Waals surface area contributed by atoms with Crippen LogP contribution in [0.15, 0.2) is 59.6 Å². The van der Waals surface area contributed by atoms with Crippen LogP contribution in [0.1, 0.15) is 11.1 Å². The summed E-state index contributed by atoms with van der Waals surface area (Å²) in [4.78, 5) is 17.8. The highest BCUT2D eigenvalue weighted by atomic mass is 19.3. The van der Waals surface area contributed by atoms with Crippen LogP contribution in [0.25, 0.3) is 0 Å². The molecule has 0 aliphatic carbocycles. The molecule has 0 saturated carbocycles. The number of benzene rings is 2. The van der Waals surface area contributed by atoms with Crippen molar-refractivity contribution in [1.82, 2.24) is 15.5 Å². The minimum atomic E-state index is -2.90. The van der Waals surface area contributed by atoms with Gasteiger partial charge in [-0.25, -0.2) is 4.99 Å². The van der Waals surface area contributed by atoms with Gasteiger partial charge in [0.2, 0.25) is 5.91 Å². The standard InChI is InChI=1S/C21H26F2N4O2/c1-27(2)19(28)15-26-21(24-13-12-16-8-4-3-5-9-16)25-14-17-10-6-7-11-18(17)29-20(22)23/h3-11,20H,12-15H2,1-2H3,(H2,24,25,26). The van der Waals surface area contributed by atoms with Gasteiger partial charge in [-0.3, -0.25) is 4.79 Å². The lowest BCUT2D eigenvalue weighted by molar-refractivity contribution is -0.127. The van der Waals surface area contributed by atoms with Crippen molar-refractivity contribution in [3.63, 3.8) is 0 Å². The van der Waals surface area contributed by atoms with E-state index in [1.165, 1.54) is 16.5 Å². The summed E-state index contributed by atoms with van der Waals surface area (Å²) >= 11 is 0. The molecule has 0 unspecified atom stereocenters. The van der Waals surface area contributed by atoms with Gasteiger partial charge in [0, 0.05) is 26.2 Å². The number of guanidine groups is 1. The highest BCUT2D eigenvalue weighted by Gasteiger charge is 2.10. The third kappa shape index (κ3) is 8.16. The van der Waals surface area contributed by atoms with Crippen molar-refractivity contribution in [3.05, 3.63) is 65.7 Å². The number of para-hydroxylation sites is 1. The molecular weight excluding hydrogens is 378 g/mol. The fraction of sp³-hybridized carbons (Fsp3) is 0.333. The first kappa shape index (κ1) is 22.1. The van der Waals surface area contributed by atoms with Gasteiger partial charge in [-0.2, -0.15) is 8.78 Å². The van der Waals surface area contributed by atoms with Crippen molar-refractivity contribution < 1.29 is 18.3 Å². The number of carbonyl (C=O) groups is 1. The highest BCUT2D eigenvalue weighted by Crippen LogP contribution is 2.20. The van der Waals surface area contributed by atoms with Crippen LogP contribution in [0.4, 0.5) is 8.78 Å². The maximum Gasteiger partial charge on any atom is 0.387 e. The van der Waals surface area contributed by atoms with E-state index in [1.54, 1.807) is 32.3 Å². The number of nitrogens with one attached hydrogen (secondary N) is 2. The number of carbonyl (C=O) groups excluding carboxylic acids is 1. The molecule has 0 spiro atoms. The maximum absolute atomic E-state index is 12.6. The van der Waals surface area contributed by atoms with E-state index in [0.29, 0.717) is 18.1 Å². The Labute approximate surface area is 169 Å². The SMILES string of the molecule is CN(C)C(=O)CNC(=NCc1ccccc1OC(F)F)NCCc1ccccc1. The number of hydrogen-bond donors (Lipinski definition) is 2. The normalized spacial score (nSPS) is 11.3. The molecule has 2 aromatic rings. The quantitative estimate of drug-likeness (QED) is 0.498. The number of amides is 1. The molecule has 6 nitrogen and oxygen atoms in total. The van der Waals surface area contributed by atoms with E-state index < -0.39 is 6.61 Å². The summed E-state index contributed by atoms with van der Waals surface area (Å²) in [6.45, 7) is -2.11. The number of rotatable bonds is 9. The highest BCUT2D eigenvalue weighted by molar-refractivity contribution is 5.86. The first-order valence-corrected chi connectivity index (χ1v) is 9.24. The topological polar surface area (TPSA) is 66.0 Å². The minimum Gasteiger partial charge on any atom is -0.434 e. The van der Waals surface area contributed by atoms with Crippen LogP contribution < -0.4 is 15.4 Å². The summed E-state index contributed by atoms with van der Waals surface area (Å²) in [6.07, 6.45) is 0.772. The van der Waals surface area contributed by atoms with Crippen molar-refractivity contribution in [2.75, 3.05) is 27.2 Å². The van der Waals surface area contributed by atoms with Crippen LogP contribution in [0.2, 0.25) is 0 Å². The Hall–Kier alpha value is -3.16. The number of ether oxygens (including phenoxy) is 1. The summed E-state index contributed by atoms with van der Waals surface area (Å²) in [7, 11) is 3.34. The molecular formula is C21H26F2N4O2. The van der Waals surface area contributed by atoms with Crippen LogP contribution >= 0.6 is 0 Å². The van der Waals surface area contributed by atoms with Gasteiger partial charge < -0.3 is 20.3 Å². The Morgan fingerprint density at radius 3 is 2.45 bits per heavy atom. The summed E-state index contributed by atoms with van der Waals surface area (Å²) in [5, 5.41) is 6.15. The fourth-order valence-corrected chi connectivity index (χ4v) is 2.47. The Morgan fingerprint density at radius 1 is 1.07 bits per heavy atom. The molecule has 2 aromatic carbocycles. The molecule has 156 valence electrons. The van der Waals surface area contributed by atoms with Crippen molar-refractivity contribution in [2.45, 2.75) is 19.6 Å². The van der Waals surface area contributed by atoms with E-state index in [1.807, 2.05) is 30.3 Å². The van der Waals surface area contributed by atoms with Gasteiger partial charge in [0.15, 0.2) is 5.96 Å². The summed E-state index contributed by atoms with van der Waals surface area (Å²) in [5.74, 6) is 0.395. The van der Waals surface area contributed by atoms with E-state index in [2.05, 4.69) is 20.4 Å². The molecule has 0 atom stereocenters. The Kier molecular flexibility index (Phi) is 8.88. The molecule has 1 amide bonds. The largest absolute Gasteiger partial charge is 0.434 e. The van der Waals surface area contributed by atoms with Gasteiger partial charge >= 0.3 is 6.61 Å². The minimum absolute atomic E-state index is 0.0688. The molecule has 0 fully saturated rings. The predicted octanol–water partition coefficient (Wildman–Crippen LogP) is 2.65. The molecule has 0 heterocycles. The van der Waals surface area contributed by atoms with Gasteiger partial charge in [-0.05, 0) is 18.1 Å². The Bertz CT molecular complexity index is 798. The second-order valence-electron chi connectivity index (χ2n) is 6.46. The zero-order chi connectivity index (χ0) is 21.1. The average molecular weight is 404 g/mol. The van der Waals surface area contributed by atoms with Gasteiger partial charge in [0.25, 0.3) is 0 Å². The van der Waals surface area contributed by atoms with E-state index in [4.69, 9.17) is 0 Å². The van der Waals surface area contributed by atoms with Gasteiger partial charge in [0.1, 0.15) is 5.75 Å². The summed E-state index contributed by atoms with van der Waals surface area (Å²) in [5.41, 5.74) is 1.69. The molecule has 0 bridgehead atoms. The number of aliphatic imine (C=N–C) groups is 1. The van der Waals surface area contributed by atoms with Crippen molar-refractivity contribution in [1.29, 1.82) is 0 Å². The Morgan fingerprint density at radius 2 is 1.76 bits per heavy atom. The number of likely N-dealkylation sites (N-methyl/N-ethyl adjacent to an activating group) is 1. The Balaban J connectivity index is 2.04. The second-order valence-corrected chi connectivity index (χ2v) is 6.46. The lowest BCUT2D eigenvalue weighted by atomic mass is 10.1. The smallest absolute Gasteiger partial charge is 0.387 e. The third-order valence-corrected chi connectivity index (χ3v) is 4.05. The van der Waals surface area contributed by atoms with Gasteiger partial charge in [0.05, 0.1) is 13.1 Å². The monoisotopic (exact) mass is 404 g/mol. The van der Waals surface area contributed by atoms with E-state index in [0.717, 1.165) is 6.42 Å². The zero-order valence-electron chi connectivity index (χ0n) is 16.6. The predicted molar refractivity (Wildman–Crippen MR) is 109 cm³/mol. The number of alkyl halides is 2. The van der Waals surface area contributed by atoms with Crippen LogP contribution in [-0.4, -0.2) is 50.6 Å². The van der Waals surface area contributed by atoms with E-state index >= 15 is 0 Å². The number of hydrogen-bond acceptors (Lipinski definition) is 3. The van der Waals surface area contributed by atoms with Gasteiger partial charge in [-0.15, -0.1) is 0 Å². The average Bonchev–Trinajstić information content (AvgIpc) is 2.70. The molecule has 0 aliphatic heterocycles. The molecule has 2 rings (SSSR count). The zero-order valence-corrected chi connectivity index (χ0v) is 16.6. The van der Waals surface area contributed by atoms with Crippen molar-refractivity contribution in [3.8, 4) is 5.75 Å². The molecule has 29 heavy (non-hydrogen) atoms. The lowest BCUT2D eigenvalue weighted by Gasteiger charge is -2.15. The molecule has 0 saturated heterocycles. The third-order valence-electron chi connectivity index (χ3n) is 4.05. The number of nitrogens with zero attached hydrogens (tertiary/aromatic N) is 2. The molecule has 0 aliphatic rings. The first-order valence-electron chi connectivity index (χ1n) is 9.24. The fourth-order valence-electron chi connectivity index (χ4n) is 2.47. The van der Waals surface area contributed by atoms with Crippen LogP contribution in [-0.2, 0) is 17.8 Å². The van der Waals surface area contributed by atoms with Gasteiger partial charge in [-0.1, -0.05) is 48.5 Å².